The van der Waals surface area contributed by atoms with Crippen LogP contribution in [0.3, 0.4) is 0 Å². The topological polar surface area (TPSA) is 40.5 Å². The molecular formula is C22H20O2. The van der Waals surface area contributed by atoms with E-state index in [2.05, 4.69) is 19.1 Å². The summed E-state index contributed by atoms with van der Waals surface area (Å²) in [5.74, 6) is 0.460. The van der Waals surface area contributed by atoms with Crippen LogP contribution in [0.15, 0.2) is 78.9 Å². The first-order valence-corrected chi connectivity index (χ1v) is 8.06. The molecule has 0 radical (unpaired) electrons. The van der Waals surface area contributed by atoms with Crippen LogP contribution < -0.4 is 0 Å². The van der Waals surface area contributed by atoms with E-state index in [0.717, 1.165) is 28.7 Å². The maximum atomic E-state index is 9.92. The Morgan fingerprint density at radius 1 is 0.667 bits per heavy atom. The van der Waals surface area contributed by atoms with Crippen LogP contribution in [-0.2, 0) is 0 Å². The molecule has 0 aromatic heterocycles. The third-order valence-corrected chi connectivity index (χ3v) is 4.05. The lowest BCUT2D eigenvalue weighted by atomic mass is 9.88. The molecule has 0 fully saturated rings. The molecular weight excluding hydrogens is 296 g/mol. The fourth-order valence-corrected chi connectivity index (χ4v) is 3.00. The van der Waals surface area contributed by atoms with E-state index in [4.69, 9.17) is 0 Å². The van der Waals surface area contributed by atoms with Gasteiger partial charge in [0.2, 0.25) is 0 Å². The maximum Gasteiger partial charge on any atom is 0.116 e. The minimum Gasteiger partial charge on any atom is -0.508 e. The van der Waals surface area contributed by atoms with Gasteiger partial charge in [0.1, 0.15) is 11.5 Å². The van der Waals surface area contributed by atoms with Gasteiger partial charge >= 0.3 is 0 Å². The zero-order valence-corrected chi connectivity index (χ0v) is 13.6. The number of phenolic OH excluding ortho intramolecular Hbond substituents is 2. The van der Waals surface area contributed by atoms with Gasteiger partial charge in [-0.1, -0.05) is 61.5 Å². The Morgan fingerprint density at radius 2 is 1.17 bits per heavy atom. The highest BCUT2D eigenvalue weighted by molar-refractivity contribution is 5.98. The number of phenols is 2. The lowest BCUT2D eigenvalue weighted by molar-refractivity contribution is 0.475. The van der Waals surface area contributed by atoms with E-state index in [1.165, 1.54) is 5.57 Å². The van der Waals surface area contributed by atoms with Crippen molar-refractivity contribution in [1.82, 2.24) is 0 Å². The molecule has 3 aromatic carbocycles. The van der Waals surface area contributed by atoms with E-state index in [1.54, 1.807) is 24.3 Å². The van der Waals surface area contributed by atoms with Gasteiger partial charge in [-0.05, 0) is 58.5 Å². The van der Waals surface area contributed by atoms with Crippen molar-refractivity contribution in [2.24, 2.45) is 0 Å². The summed E-state index contributed by atoms with van der Waals surface area (Å²) in [6.07, 6.45) is 0.838. The van der Waals surface area contributed by atoms with Gasteiger partial charge in [0.15, 0.2) is 0 Å². The third kappa shape index (κ3) is 3.33. The van der Waals surface area contributed by atoms with Crippen molar-refractivity contribution in [2.75, 3.05) is 0 Å². The zero-order chi connectivity index (χ0) is 16.9. The van der Waals surface area contributed by atoms with Gasteiger partial charge < -0.3 is 10.2 Å². The van der Waals surface area contributed by atoms with Crippen LogP contribution in [0, 0.1) is 0 Å². The molecule has 2 nitrogen and oxygen atoms in total. The fourth-order valence-electron chi connectivity index (χ4n) is 3.00. The molecule has 0 saturated carbocycles. The zero-order valence-electron chi connectivity index (χ0n) is 13.6. The second-order valence-electron chi connectivity index (χ2n) is 5.67. The Bertz CT molecular complexity index is 816. The van der Waals surface area contributed by atoms with Gasteiger partial charge in [-0.25, -0.2) is 0 Å². The van der Waals surface area contributed by atoms with E-state index < -0.39 is 0 Å². The van der Waals surface area contributed by atoms with E-state index >= 15 is 0 Å². The highest BCUT2D eigenvalue weighted by atomic mass is 16.3. The molecule has 0 unspecified atom stereocenters. The van der Waals surface area contributed by atoms with Crippen LogP contribution in [0.4, 0.5) is 0 Å². The predicted molar refractivity (Wildman–Crippen MR) is 98.9 cm³/mol. The number of benzene rings is 3. The van der Waals surface area contributed by atoms with Crippen LogP contribution in [-0.4, -0.2) is 10.2 Å². The highest BCUT2D eigenvalue weighted by Crippen LogP contribution is 2.36. The maximum absolute atomic E-state index is 9.92. The average molecular weight is 316 g/mol. The van der Waals surface area contributed by atoms with Gasteiger partial charge in [0.05, 0.1) is 0 Å². The van der Waals surface area contributed by atoms with Gasteiger partial charge in [-0.2, -0.15) is 0 Å². The minimum absolute atomic E-state index is 0.230. The summed E-state index contributed by atoms with van der Waals surface area (Å²) in [4.78, 5) is 0. The first kappa shape index (κ1) is 15.9. The van der Waals surface area contributed by atoms with Crippen molar-refractivity contribution >= 4 is 11.1 Å². The molecule has 120 valence electrons. The van der Waals surface area contributed by atoms with Gasteiger partial charge in [0.25, 0.3) is 0 Å². The molecule has 2 N–H and O–H groups in total. The normalized spacial score (nSPS) is 10.4. The molecule has 0 amide bonds. The van der Waals surface area contributed by atoms with Crippen molar-refractivity contribution in [3.05, 3.63) is 95.6 Å². The summed E-state index contributed by atoms with van der Waals surface area (Å²) < 4.78 is 0. The van der Waals surface area contributed by atoms with Crippen LogP contribution in [0.1, 0.15) is 30.0 Å². The Balaban J connectivity index is 2.31. The summed E-state index contributed by atoms with van der Waals surface area (Å²) in [6.45, 7) is 2.12. The van der Waals surface area contributed by atoms with Crippen molar-refractivity contribution in [3.63, 3.8) is 0 Å². The van der Waals surface area contributed by atoms with Gasteiger partial charge in [0, 0.05) is 0 Å². The van der Waals surface area contributed by atoms with Gasteiger partial charge in [-0.3, -0.25) is 0 Å². The first-order valence-electron chi connectivity index (χ1n) is 8.06. The van der Waals surface area contributed by atoms with Crippen molar-refractivity contribution in [2.45, 2.75) is 13.3 Å². The summed E-state index contributed by atoms with van der Waals surface area (Å²) in [7, 11) is 0. The van der Waals surface area contributed by atoms with Crippen LogP contribution in [0.25, 0.3) is 11.1 Å². The van der Waals surface area contributed by atoms with Crippen LogP contribution >= 0.6 is 0 Å². The lowest BCUT2D eigenvalue weighted by Gasteiger charge is -2.16. The molecule has 2 heteroatoms. The largest absolute Gasteiger partial charge is 0.508 e. The second kappa shape index (κ2) is 7.05. The van der Waals surface area contributed by atoms with Crippen LogP contribution in [0.5, 0.6) is 11.5 Å². The Hall–Kier alpha value is -3.00. The van der Waals surface area contributed by atoms with Crippen molar-refractivity contribution < 1.29 is 10.2 Å². The molecule has 0 atom stereocenters. The monoisotopic (exact) mass is 316 g/mol. The number of allylic oxidation sites excluding steroid dienone is 1. The number of rotatable bonds is 4. The van der Waals surface area contributed by atoms with Crippen LogP contribution in [0.2, 0.25) is 0 Å². The molecule has 0 aliphatic heterocycles. The molecule has 24 heavy (non-hydrogen) atoms. The smallest absolute Gasteiger partial charge is 0.116 e. The SMILES string of the molecule is CCC(=C(c1cccc(O)c1)c1cccc(O)c1)c1ccccc1. The second-order valence-corrected chi connectivity index (χ2v) is 5.67. The molecule has 0 aliphatic carbocycles. The number of hydrogen-bond donors (Lipinski definition) is 2. The standard InChI is InChI=1S/C22H20O2/c1-2-21(16-8-4-3-5-9-16)22(17-10-6-12-19(23)14-17)18-11-7-13-20(24)15-18/h3-15,23-24H,2H2,1H3. The molecule has 0 heterocycles. The van der Waals surface area contributed by atoms with Crippen molar-refractivity contribution in [1.29, 1.82) is 0 Å². The first-order chi connectivity index (χ1) is 11.7. The molecule has 3 rings (SSSR count). The van der Waals surface area contributed by atoms with Crippen molar-refractivity contribution in [3.8, 4) is 11.5 Å². The molecule has 0 saturated heterocycles. The summed E-state index contributed by atoms with van der Waals surface area (Å²) in [5, 5.41) is 19.8. The Kier molecular flexibility index (Phi) is 4.66. The van der Waals surface area contributed by atoms with E-state index in [-0.39, 0.29) is 11.5 Å². The molecule has 0 spiro atoms. The fraction of sp³-hybridized carbons (Fsp3) is 0.0909. The number of aromatic hydroxyl groups is 2. The van der Waals surface area contributed by atoms with E-state index in [1.807, 2.05) is 42.5 Å². The third-order valence-electron chi connectivity index (χ3n) is 4.05. The van der Waals surface area contributed by atoms with E-state index in [0.29, 0.717) is 0 Å². The Morgan fingerprint density at radius 3 is 1.62 bits per heavy atom. The summed E-state index contributed by atoms with van der Waals surface area (Å²) in [5.41, 5.74) is 5.20. The van der Waals surface area contributed by atoms with Gasteiger partial charge in [-0.15, -0.1) is 0 Å². The molecule has 0 bridgehead atoms. The summed E-state index contributed by atoms with van der Waals surface area (Å²) >= 11 is 0. The molecule has 0 aliphatic rings. The Labute approximate surface area is 142 Å². The highest BCUT2D eigenvalue weighted by Gasteiger charge is 2.13. The molecule has 3 aromatic rings. The predicted octanol–water partition coefficient (Wildman–Crippen LogP) is 5.47. The van der Waals surface area contributed by atoms with E-state index in [9.17, 15) is 10.2 Å². The average Bonchev–Trinajstić information content (AvgIpc) is 2.60. The number of hydrogen-bond acceptors (Lipinski definition) is 2. The quantitative estimate of drug-likeness (QED) is 0.627. The minimum atomic E-state index is 0.230. The lowest BCUT2D eigenvalue weighted by Crippen LogP contribution is -1.95. The summed E-state index contributed by atoms with van der Waals surface area (Å²) in [6, 6.07) is 24.7.